The molecule has 0 spiro atoms. The lowest BCUT2D eigenvalue weighted by molar-refractivity contribution is 1.05. The van der Waals surface area contributed by atoms with Gasteiger partial charge in [-0.3, -0.25) is 10.3 Å². The van der Waals surface area contributed by atoms with Crippen molar-refractivity contribution in [3.63, 3.8) is 0 Å². The summed E-state index contributed by atoms with van der Waals surface area (Å²) in [5.74, 6) is 2.55. The van der Waals surface area contributed by atoms with Crippen molar-refractivity contribution in [2.45, 2.75) is 33.4 Å². The summed E-state index contributed by atoms with van der Waals surface area (Å²) >= 11 is 13.6. The predicted octanol–water partition coefficient (Wildman–Crippen LogP) is 4.77. The number of thiocarbonyl (C=S) groups is 1. The molecule has 0 radical (unpaired) electrons. The largest absolute Gasteiger partial charge is 0.348 e. The number of anilines is 2. The lowest BCUT2D eigenvalue weighted by atomic mass is 10.2. The molecule has 0 bridgehead atoms. The van der Waals surface area contributed by atoms with Gasteiger partial charge in [0.15, 0.2) is 5.11 Å². The Kier molecular flexibility index (Phi) is 9.04. The molecule has 3 aromatic rings. The van der Waals surface area contributed by atoms with Gasteiger partial charge in [-0.15, -0.1) is 0 Å². The van der Waals surface area contributed by atoms with Crippen LogP contribution in [0.5, 0.6) is 0 Å². The van der Waals surface area contributed by atoms with Crippen molar-refractivity contribution >= 4 is 58.3 Å². The Morgan fingerprint density at radius 1 is 1.15 bits per heavy atom. The van der Waals surface area contributed by atoms with E-state index in [1.54, 1.807) is 18.1 Å². The maximum atomic E-state index is 6.38. The predicted molar refractivity (Wildman–Crippen MR) is 142 cm³/mol. The first-order valence-corrected chi connectivity index (χ1v) is 12.3. The Morgan fingerprint density at radius 3 is 2.61 bits per heavy atom. The molecular weight excluding hydrogens is 476 g/mol. The van der Waals surface area contributed by atoms with E-state index in [-0.39, 0.29) is 0 Å². The number of guanidine groups is 1. The summed E-state index contributed by atoms with van der Waals surface area (Å²) in [4.78, 5) is 20.9. The van der Waals surface area contributed by atoms with Crippen molar-refractivity contribution < 1.29 is 0 Å². The molecule has 11 heteroatoms. The van der Waals surface area contributed by atoms with Gasteiger partial charge in [0, 0.05) is 28.6 Å². The molecule has 2 aromatic heterocycles. The van der Waals surface area contributed by atoms with Gasteiger partial charge in [-0.25, -0.2) is 15.0 Å². The van der Waals surface area contributed by atoms with Crippen molar-refractivity contribution in [2.24, 2.45) is 4.99 Å². The number of thioether (sulfide) groups is 1. The molecule has 0 aliphatic carbocycles. The van der Waals surface area contributed by atoms with E-state index in [9.17, 15) is 0 Å². The number of nitrogens with one attached hydrogen (secondary N) is 4. The van der Waals surface area contributed by atoms with E-state index in [1.807, 2.05) is 52.0 Å². The molecule has 3 rings (SSSR count). The molecule has 4 N–H and O–H groups in total. The highest BCUT2D eigenvalue weighted by atomic mass is 35.5. The number of hydrogen-bond acceptors (Lipinski definition) is 6. The molecule has 0 saturated heterocycles. The number of aryl methyl sites for hydroxylation is 4. The Labute approximate surface area is 208 Å². The zero-order chi connectivity index (χ0) is 23.8. The molecule has 0 atom stereocenters. The first-order valence-electron chi connectivity index (χ1n) is 10.4. The molecule has 0 aliphatic rings. The van der Waals surface area contributed by atoms with Gasteiger partial charge in [0.25, 0.3) is 0 Å². The standard InChI is InChI=1S/C22H27ClN8S2/c1-13-6-5-7-17(19(13)23)29-22(32)31-20(30-21-27-14(2)10-15(3)28-21)24-8-9-33-11-18-16(4)25-12-26-18/h5-7,10,12H,8-9,11H2,1-4H3,(H,25,26)(H3,24,27,28,29,30,31,32). The number of halogens is 1. The minimum Gasteiger partial charge on any atom is -0.348 e. The number of aliphatic imine (C=N–C) groups is 1. The number of benzene rings is 1. The Hall–Kier alpha value is -2.69. The Balaban J connectivity index is 1.65. The first-order chi connectivity index (χ1) is 15.8. The molecular formula is C22H27ClN8S2. The second-order valence-corrected chi connectivity index (χ2v) is 9.26. The van der Waals surface area contributed by atoms with Crippen LogP contribution in [0, 0.1) is 27.7 Å². The average Bonchev–Trinajstić information content (AvgIpc) is 3.15. The molecule has 1 aromatic carbocycles. The summed E-state index contributed by atoms with van der Waals surface area (Å²) in [5, 5.41) is 10.4. The van der Waals surface area contributed by atoms with E-state index in [4.69, 9.17) is 23.8 Å². The number of H-pyrrole nitrogens is 1. The van der Waals surface area contributed by atoms with Gasteiger partial charge < -0.3 is 15.6 Å². The third-order valence-electron chi connectivity index (χ3n) is 4.56. The molecule has 2 heterocycles. The summed E-state index contributed by atoms with van der Waals surface area (Å²) in [6.07, 6.45) is 1.72. The van der Waals surface area contributed by atoms with Crippen LogP contribution in [0.3, 0.4) is 0 Å². The van der Waals surface area contributed by atoms with Crippen molar-refractivity contribution in [1.82, 2.24) is 25.3 Å². The van der Waals surface area contributed by atoms with Gasteiger partial charge >= 0.3 is 0 Å². The molecule has 33 heavy (non-hydrogen) atoms. The summed E-state index contributed by atoms with van der Waals surface area (Å²) in [6, 6.07) is 7.64. The van der Waals surface area contributed by atoms with E-state index in [0.29, 0.717) is 28.6 Å². The monoisotopic (exact) mass is 502 g/mol. The van der Waals surface area contributed by atoms with Gasteiger partial charge in [-0.05, 0) is 57.6 Å². The van der Waals surface area contributed by atoms with Crippen LogP contribution in [0.1, 0.15) is 28.3 Å². The summed E-state index contributed by atoms with van der Waals surface area (Å²) in [6.45, 7) is 8.37. The Bertz CT molecular complexity index is 1120. The van der Waals surface area contributed by atoms with E-state index in [2.05, 4.69) is 40.9 Å². The van der Waals surface area contributed by atoms with Gasteiger partial charge in [0.1, 0.15) is 0 Å². The number of nitrogens with zero attached hydrogens (tertiary/aromatic N) is 4. The Morgan fingerprint density at radius 2 is 1.91 bits per heavy atom. The van der Waals surface area contributed by atoms with Crippen LogP contribution in [-0.2, 0) is 5.75 Å². The van der Waals surface area contributed by atoms with Gasteiger partial charge in [0.2, 0.25) is 11.9 Å². The quantitative estimate of drug-likeness (QED) is 0.158. The molecule has 174 valence electrons. The van der Waals surface area contributed by atoms with Crippen molar-refractivity contribution in [2.75, 3.05) is 22.9 Å². The smallest absolute Gasteiger partial charge is 0.229 e. The maximum Gasteiger partial charge on any atom is 0.229 e. The molecule has 0 amide bonds. The third-order valence-corrected chi connectivity index (χ3v) is 6.22. The summed E-state index contributed by atoms with van der Waals surface area (Å²) in [5.41, 5.74) is 5.56. The van der Waals surface area contributed by atoms with Crippen LogP contribution in [0.15, 0.2) is 35.6 Å². The number of hydrogen-bond donors (Lipinski definition) is 4. The van der Waals surface area contributed by atoms with Crippen LogP contribution in [0.2, 0.25) is 5.02 Å². The number of aromatic amines is 1. The minimum absolute atomic E-state index is 0.359. The molecule has 0 unspecified atom stereocenters. The van der Waals surface area contributed by atoms with E-state index in [1.165, 1.54) is 0 Å². The highest BCUT2D eigenvalue weighted by molar-refractivity contribution is 7.98. The third kappa shape index (κ3) is 7.69. The number of aromatic nitrogens is 4. The number of imidazole rings is 1. The first kappa shape index (κ1) is 24.9. The summed E-state index contributed by atoms with van der Waals surface area (Å²) in [7, 11) is 0. The van der Waals surface area contributed by atoms with E-state index >= 15 is 0 Å². The van der Waals surface area contributed by atoms with Crippen LogP contribution in [-0.4, -0.2) is 43.3 Å². The fourth-order valence-corrected chi connectivity index (χ4v) is 4.16. The highest BCUT2D eigenvalue weighted by Gasteiger charge is 2.09. The van der Waals surface area contributed by atoms with Crippen molar-refractivity contribution in [3.8, 4) is 0 Å². The normalized spacial score (nSPS) is 11.4. The maximum absolute atomic E-state index is 6.38. The molecule has 0 fully saturated rings. The zero-order valence-electron chi connectivity index (χ0n) is 19.0. The van der Waals surface area contributed by atoms with Crippen LogP contribution in [0.4, 0.5) is 11.6 Å². The minimum atomic E-state index is 0.359. The number of rotatable bonds is 7. The van der Waals surface area contributed by atoms with Crippen molar-refractivity contribution in [3.05, 3.63) is 64.0 Å². The van der Waals surface area contributed by atoms with Gasteiger partial charge in [0.05, 0.1) is 29.3 Å². The lowest BCUT2D eigenvalue weighted by Crippen LogP contribution is -2.39. The van der Waals surface area contributed by atoms with Gasteiger partial charge in [-0.2, -0.15) is 11.8 Å². The fraction of sp³-hybridized carbons (Fsp3) is 0.318. The molecule has 8 nitrogen and oxygen atoms in total. The highest BCUT2D eigenvalue weighted by Crippen LogP contribution is 2.24. The summed E-state index contributed by atoms with van der Waals surface area (Å²) < 4.78 is 0. The van der Waals surface area contributed by atoms with Crippen molar-refractivity contribution in [1.29, 1.82) is 0 Å². The molecule has 0 aliphatic heterocycles. The van der Waals surface area contributed by atoms with E-state index in [0.717, 1.165) is 45.5 Å². The van der Waals surface area contributed by atoms with Crippen LogP contribution < -0.4 is 16.0 Å². The van der Waals surface area contributed by atoms with Crippen LogP contribution >= 0.6 is 35.6 Å². The fourth-order valence-electron chi connectivity index (χ4n) is 2.93. The SMILES string of the molecule is Cc1cc(C)nc(NC(=NCCSCc2nc[nH]c2C)NC(=S)Nc2cccc(C)c2Cl)n1. The average molecular weight is 503 g/mol. The van der Waals surface area contributed by atoms with E-state index < -0.39 is 0 Å². The zero-order valence-corrected chi connectivity index (χ0v) is 21.4. The lowest BCUT2D eigenvalue weighted by Gasteiger charge is -2.15. The second kappa shape index (κ2) is 12.0. The molecule has 0 saturated carbocycles. The van der Waals surface area contributed by atoms with Crippen LogP contribution in [0.25, 0.3) is 0 Å². The second-order valence-electron chi connectivity index (χ2n) is 7.37. The van der Waals surface area contributed by atoms with Gasteiger partial charge in [-0.1, -0.05) is 23.7 Å². The topological polar surface area (TPSA) is 103 Å².